The molecule has 0 amide bonds. The quantitative estimate of drug-likeness (QED) is 0.691. The van der Waals surface area contributed by atoms with Gasteiger partial charge in [-0.3, -0.25) is 0 Å². The molecule has 0 aromatic heterocycles. The Morgan fingerprint density at radius 1 is 1.14 bits per heavy atom. The molecule has 2 heteroatoms. The smallest absolute Gasteiger partial charge is 0.119 e. The molecule has 0 aliphatic carbocycles. The topological polar surface area (TPSA) is 36.9 Å². The third-order valence-electron chi connectivity index (χ3n) is 2.23. The van der Waals surface area contributed by atoms with Gasteiger partial charge in [0, 0.05) is 5.56 Å². The van der Waals surface area contributed by atoms with Crippen molar-refractivity contribution in [3.05, 3.63) is 29.8 Å². The summed E-state index contributed by atoms with van der Waals surface area (Å²) in [6, 6.07) is 8.18. The van der Waals surface area contributed by atoms with Crippen molar-refractivity contribution in [2.24, 2.45) is 0 Å². The maximum absolute atomic E-state index is 5.59. The van der Waals surface area contributed by atoms with Gasteiger partial charge in [0.05, 0.1) is 13.2 Å². The second kappa shape index (κ2) is 6.44. The van der Waals surface area contributed by atoms with Crippen LogP contribution >= 0.6 is 0 Å². The third-order valence-corrected chi connectivity index (χ3v) is 2.23. The number of unbranched alkanes of at least 4 members (excludes halogenated alkanes) is 2. The van der Waals surface area contributed by atoms with Gasteiger partial charge in [-0.05, 0) is 30.7 Å². The summed E-state index contributed by atoms with van der Waals surface area (Å²) in [4.78, 5) is 0. The van der Waals surface area contributed by atoms with Crippen LogP contribution in [0.5, 0.6) is 5.75 Å². The Bertz CT molecular complexity index is 243. The highest BCUT2D eigenvalue weighted by atomic mass is 16.5. The van der Waals surface area contributed by atoms with Gasteiger partial charge in [0.2, 0.25) is 0 Å². The molecule has 1 aromatic carbocycles. The maximum Gasteiger partial charge on any atom is 0.119 e. The van der Waals surface area contributed by atoms with E-state index in [4.69, 9.17) is 4.74 Å². The van der Waals surface area contributed by atoms with Crippen LogP contribution in [-0.4, -0.2) is 6.61 Å². The molecule has 0 atom stereocenters. The van der Waals surface area contributed by atoms with E-state index in [0.717, 1.165) is 25.3 Å². The van der Waals surface area contributed by atoms with Crippen molar-refractivity contribution in [1.29, 1.82) is 0 Å². The molecular weight excluding hydrogens is 174 g/mol. The zero-order chi connectivity index (χ0) is 10.2. The fourth-order valence-corrected chi connectivity index (χ4v) is 1.29. The van der Waals surface area contributed by atoms with Crippen LogP contribution in [0.15, 0.2) is 24.3 Å². The van der Waals surface area contributed by atoms with Crippen molar-refractivity contribution in [2.75, 3.05) is 6.61 Å². The summed E-state index contributed by atoms with van der Waals surface area (Å²) in [5, 5.41) is 0. The fraction of sp³-hybridized carbons (Fsp3) is 0.500. The molecule has 0 aliphatic rings. The first-order valence-corrected chi connectivity index (χ1v) is 5.37. The SMILES string of the molecule is CCCCCOc1ccc(C[NH3+])cc1. The van der Waals surface area contributed by atoms with Crippen LogP contribution in [0.1, 0.15) is 31.7 Å². The van der Waals surface area contributed by atoms with Gasteiger partial charge in [0.15, 0.2) is 0 Å². The highest BCUT2D eigenvalue weighted by Crippen LogP contribution is 2.12. The van der Waals surface area contributed by atoms with Gasteiger partial charge in [0.1, 0.15) is 5.75 Å². The van der Waals surface area contributed by atoms with Crippen molar-refractivity contribution >= 4 is 0 Å². The summed E-state index contributed by atoms with van der Waals surface area (Å²) in [6.45, 7) is 3.87. The van der Waals surface area contributed by atoms with E-state index in [1.807, 2.05) is 12.1 Å². The van der Waals surface area contributed by atoms with Gasteiger partial charge < -0.3 is 10.5 Å². The second-order valence-electron chi connectivity index (χ2n) is 3.45. The number of hydrogen-bond donors (Lipinski definition) is 1. The summed E-state index contributed by atoms with van der Waals surface area (Å²) >= 11 is 0. The Morgan fingerprint density at radius 3 is 2.43 bits per heavy atom. The van der Waals surface area contributed by atoms with E-state index in [9.17, 15) is 0 Å². The molecule has 0 spiro atoms. The lowest BCUT2D eigenvalue weighted by atomic mass is 10.2. The van der Waals surface area contributed by atoms with Gasteiger partial charge in [-0.2, -0.15) is 0 Å². The lowest BCUT2D eigenvalue weighted by Gasteiger charge is -2.05. The molecule has 3 N–H and O–H groups in total. The molecule has 0 fully saturated rings. The van der Waals surface area contributed by atoms with Crippen LogP contribution in [-0.2, 0) is 6.54 Å². The number of hydrogen-bond acceptors (Lipinski definition) is 1. The van der Waals surface area contributed by atoms with Crippen LogP contribution < -0.4 is 10.5 Å². The lowest BCUT2D eigenvalue weighted by molar-refractivity contribution is -0.386. The predicted molar refractivity (Wildman–Crippen MR) is 58.1 cm³/mol. The average Bonchev–Trinajstić information content (AvgIpc) is 2.25. The van der Waals surface area contributed by atoms with E-state index in [-0.39, 0.29) is 0 Å². The second-order valence-corrected chi connectivity index (χ2v) is 3.45. The van der Waals surface area contributed by atoms with E-state index in [1.165, 1.54) is 18.4 Å². The van der Waals surface area contributed by atoms with Crippen molar-refractivity contribution in [1.82, 2.24) is 0 Å². The van der Waals surface area contributed by atoms with Gasteiger partial charge >= 0.3 is 0 Å². The van der Waals surface area contributed by atoms with Crippen molar-refractivity contribution in [3.8, 4) is 5.75 Å². The molecule has 78 valence electrons. The zero-order valence-electron chi connectivity index (χ0n) is 8.96. The molecule has 14 heavy (non-hydrogen) atoms. The first-order chi connectivity index (χ1) is 6.86. The Hall–Kier alpha value is -1.02. The van der Waals surface area contributed by atoms with Crippen LogP contribution in [0.25, 0.3) is 0 Å². The number of rotatable bonds is 6. The standard InChI is InChI=1S/C12H19NO/c1-2-3-4-9-14-12-7-5-11(10-13)6-8-12/h5-8H,2-4,9-10,13H2,1H3/p+1. The minimum Gasteiger partial charge on any atom is -0.494 e. The van der Waals surface area contributed by atoms with E-state index in [0.29, 0.717) is 0 Å². The molecule has 0 radical (unpaired) electrons. The van der Waals surface area contributed by atoms with Crippen molar-refractivity contribution in [3.63, 3.8) is 0 Å². The zero-order valence-corrected chi connectivity index (χ0v) is 8.96. The van der Waals surface area contributed by atoms with E-state index >= 15 is 0 Å². The monoisotopic (exact) mass is 194 g/mol. The number of quaternary nitrogens is 1. The molecule has 1 aromatic rings. The first kappa shape index (κ1) is 11.1. The average molecular weight is 194 g/mol. The van der Waals surface area contributed by atoms with E-state index < -0.39 is 0 Å². The molecule has 0 saturated heterocycles. The van der Waals surface area contributed by atoms with Gasteiger partial charge in [-0.1, -0.05) is 19.8 Å². The lowest BCUT2D eigenvalue weighted by Crippen LogP contribution is -2.47. The molecule has 2 nitrogen and oxygen atoms in total. The van der Waals surface area contributed by atoms with E-state index in [2.05, 4.69) is 24.8 Å². The molecule has 1 rings (SSSR count). The Morgan fingerprint density at radius 2 is 1.86 bits per heavy atom. The van der Waals surface area contributed by atoms with E-state index in [1.54, 1.807) is 0 Å². The van der Waals surface area contributed by atoms with Crippen LogP contribution in [0.4, 0.5) is 0 Å². The Kier molecular flexibility index (Phi) is 5.08. The molecule has 0 aliphatic heterocycles. The highest BCUT2D eigenvalue weighted by Gasteiger charge is 1.94. The largest absolute Gasteiger partial charge is 0.494 e. The molecule has 0 bridgehead atoms. The van der Waals surface area contributed by atoms with Gasteiger partial charge in [-0.15, -0.1) is 0 Å². The molecule has 0 heterocycles. The predicted octanol–water partition coefficient (Wildman–Crippen LogP) is 2.00. The minimum absolute atomic E-state index is 0.831. The number of ether oxygens (including phenoxy) is 1. The van der Waals surface area contributed by atoms with Crippen molar-refractivity contribution in [2.45, 2.75) is 32.7 Å². The Labute approximate surface area is 86.1 Å². The summed E-state index contributed by atoms with van der Waals surface area (Å²) < 4.78 is 5.59. The summed E-state index contributed by atoms with van der Waals surface area (Å²) in [5.41, 5.74) is 5.09. The normalized spacial score (nSPS) is 10.1. The van der Waals surface area contributed by atoms with Gasteiger partial charge in [0.25, 0.3) is 0 Å². The van der Waals surface area contributed by atoms with Gasteiger partial charge in [-0.25, -0.2) is 0 Å². The van der Waals surface area contributed by atoms with Crippen LogP contribution in [0.2, 0.25) is 0 Å². The maximum atomic E-state index is 5.59. The molecule has 0 saturated carbocycles. The van der Waals surface area contributed by atoms with Crippen molar-refractivity contribution < 1.29 is 10.5 Å². The Balaban J connectivity index is 2.29. The molecule has 0 unspecified atom stereocenters. The minimum atomic E-state index is 0.831. The summed E-state index contributed by atoms with van der Waals surface area (Å²) in [7, 11) is 0. The first-order valence-electron chi connectivity index (χ1n) is 5.37. The highest BCUT2D eigenvalue weighted by molar-refractivity contribution is 5.26. The summed E-state index contributed by atoms with van der Waals surface area (Å²) in [6.07, 6.45) is 3.63. The fourth-order valence-electron chi connectivity index (χ4n) is 1.29. The molecular formula is C12H20NO+. The third kappa shape index (κ3) is 3.79. The summed E-state index contributed by atoms with van der Waals surface area (Å²) in [5.74, 6) is 0.971. The number of benzene rings is 1. The van der Waals surface area contributed by atoms with Crippen LogP contribution in [0.3, 0.4) is 0 Å². The van der Waals surface area contributed by atoms with Crippen LogP contribution in [0, 0.1) is 0 Å².